The van der Waals surface area contributed by atoms with Gasteiger partial charge in [0, 0.05) is 11.8 Å². The highest BCUT2D eigenvalue weighted by Crippen LogP contribution is 2.67. The van der Waals surface area contributed by atoms with E-state index in [1.165, 1.54) is 4.90 Å². The number of anilines is 1. The van der Waals surface area contributed by atoms with E-state index < -0.39 is 17.3 Å². The summed E-state index contributed by atoms with van der Waals surface area (Å²) >= 11 is 0. The Morgan fingerprint density at radius 3 is 1.86 bits per heavy atom. The molecule has 4 aromatic rings. The molecule has 1 fully saturated rings. The lowest BCUT2D eigenvalue weighted by Gasteiger charge is -2.51. The van der Waals surface area contributed by atoms with Crippen LogP contribution in [0.5, 0.6) is 5.75 Å². The normalized spacial score (nSPS) is 24.9. The van der Waals surface area contributed by atoms with Gasteiger partial charge in [0.05, 0.1) is 22.6 Å². The van der Waals surface area contributed by atoms with Crippen molar-refractivity contribution in [1.82, 2.24) is 0 Å². The van der Waals surface area contributed by atoms with Gasteiger partial charge < -0.3 is 4.74 Å². The lowest BCUT2D eigenvalue weighted by atomic mass is 9.48. The third-order valence-electron chi connectivity index (χ3n) is 8.33. The molecule has 0 saturated carbocycles. The number of hydrogen-bond acceptors (Lipinski definition) is 4. The van der Waals surface area contributed by atoms with E-state index in [2.05, 4.69) is 24.3 Å². The van der Waals surface area contributed by atoms with Crippen LogP contribution in [-0.4, -0.2) is 17.8 Å². The fraction of sp³-hybridized carbons (Fsp3) is 0.156. The summed E-state index contributed by atoms with van der Waals surface area (Å²) in [6.45, 7) is 1.96. The van der Waals surface area contributed by atoms with Gasteiger partial charge in [0.2, 0.25) is 11.8 Å². The molecule has 0 N–H and O–H groups in total. The van der Waals surface area contributed by atoms with Crippen LogP contribution in [-0.2, 0) is 9.59 Å². The molecule has 5 nitrogen and oxygen atoms in total. The molecule has 1 aliphatic heterocycles. The SMILES string of the molecule is C[C@]12C(=O)N(c3ccc(OC(=O)c4ccccc4)cc3)C(=O)[C@H]1C1c3ccccc3C2c2ccccc21. The molecule has 2 atom stereocenters. The zero-order valence-corrected chi connectivity index (χ0v) is 20.1. The molecule has 1 heterocycles. The maximum atomic E-state index is 14.1. The zero-order chi connectivity index (χ0) is 25.3. The standard InChI is InChI=1S/C32H23NO4/c1-32-27-24-13-7-5-11-22(24)26(23-12-6-8-14-25(23)27)28(32)29(34)33(31(32)36)20-15-17-21(18-16-20)37-30(35)19-9-3-2-4-10-19/h2-18,26-28H,1H3/t26?,27?,28-,32-/m1/s1. The third-order valence-corrected chi connectivity index (χ3v) is 8.33. The molecule has 0 spiro atoms. The first-order valence-electron chi connectivity index (χ1n) is 12.4. The van der Waals surface area contributed by atoms with Gasteiger partial charge in [0.1, 0.15) is 5.75 Å². The summed E-state index contributed by atoms with van der Waals surface area (Å²) < 4.78 is 5.49. The summed E-state index contributed by atoms with van der Waals surface area (Å²) in [5.74, 6) is -1.33. The Labute approximate surface area is 214 Å². The van der Waals surface area contributed by atoms with Crippen molar-refractivity contribution in [3.05, 3.63) is 131 Å². The lowest BCUT2D eigenvalue weighted by molar-refractivity contribution is -0.128. The molecule has 0 aromatic heterocycles. The van der Waals surface area contributed by atoms with Crippen LogP contribution >= 0.6 is 0 Å². The van der Waals surface area contributed by atoms with E-state index in [1.807, 2.05) is 37.3 Å². The fourth-order valence-electron chi connectivity index (χ4n) is 6.76. The van der Waals surface area contributed by atoms with Crippen molar-refractivity contribution in [3.8, 4) is 5.75 Å². The van der Waals surface area contributed by atoms with Crippen LogP contribution in [0.4, 0.5) is 5.69 Å². The van der Waals surface area contributed by atoms with E-state index in [1.54, 1.807) is 48.5 Å². The number of imide groups is 1. The van der Waals surface area contributed by atoms with E-state index in [9.17, 15) is 14.4 Å². The highest BCUT2D eigenvalue weighted by molar-refractivity contribution is 6.25. The number of hydrogen-bond donors (Lipinski definition) is 0. The number of carbonyl (C=O) groups excluding carboxylic acids is 3. The van der Waals surface area contributed by atoms with Crippen LogP contribution in [0, 0.1) is 11.3 Å². The average molecular weight is 486 g/mol. The van der Waals surface area contributed by atoms with Gasteiger partial charge >= 0.3 is 5.97 Å². The molecule has 0 radical (unpaired) electrons. The van der Waals surface area contributed by atoms with E-state index in [0.717, 1.165) is 22.3 Å². The van der Waals surface area contributed by atoms with E-state index in [4.69, 9.17) is 4.74 Å². The van der Waals surface area contributed by atoms with Crippen LogP contribution < -0.4 is 9.64 Å². The van der Waals surface area contributed by atoms with Crippen LogP contribution in [0.25, 0.3) is 0 Å². The third kappa shape index (κ3) is 2.88. The molecular weight excluding hydrogens is 462 g/mol. The topological polar surface area (TPSA) is 63.7 Å². The Hall–Kier alpha value is -4.51. The number of ether oxygens (including phenoxy) is 1. The Balaban J connectivity index is 1.26. The van der Waals surface area contributed by atoms with Crippen LogP contribution in [0.3, 0.4) is 0 Å². The van der Waals surface area contributed by atoms with Crippen molar-refractivity contribution >= 4 is 23.5 Å². The van der Waals surface area contributed by atoms with Gasteiger partial charge in [-0.3, -0.25) is 9.59 Å². The van der Waals surface area contributed by atoms with Gasteiger partial charge in [0.25, 0.3) is 0 Å². The van der Waals surface area contributed by atoms with Crippen LogP contribution in [0.15, 0.2) is 103 Å². The summed E-state index contributed by atoms with van der Waals surface area (Å²) in [5.41, 5.74) is 4.59. The number of amides is 2. The van der Waals surface area contributed by atoms with Crippen LogP contribution in [0.2, 0.25) is 0 Å². The van der Waals surface area contributed by atoms with Gasteiger partial charge in [-0.1, -0.05) is 66.7 Å². The molecule has 1 saturated heterocycles. The first-order valence-corrected chi connectivity index (χ1v) is 12.4. The Morgan fingerprint density at radius 2 is 1.27 bits per heavy atom. The number of benzene rings is 4. The van der Waals surface area contributed by atoms with Gasteiger partial charge in [0.15, 0.2) is 0 Å². The average Bonchev–Trinajstić information content (AvgIpc) is 3.15. The smallest absolute Gasteiger partial charge is 0.343 e. The first-order chi connectivity index (χ1) is 18.0. The largest absolute Gasteiger partial charge is 0.423 e. The molecule has 3 aliphatic carbocycles. The molecule has 4 aromatic carbocycles. The molecule has 5 heteroatoms. The van der Waals surface area contributed by atoms with E-state index in [0.29, 0.717) is 17.0 Å². The van der Waals surface area contributed by atoms with Crippen molar-refractivity contribution in [2.45, 2.75) is 18.8 Å². The number of rotatable bonds is 3. The molecule has 2 amide bonds. The summed E-state index contributed by atoms with van der Waals surface area (Å²) in [6.07, 6.45) is 0. The number of esters is 1. The first kappa shape index (κ1) is 21.7. The van der Waals surface area contributed by atoms with Crippen molar-refractivity contribution < 1.29 is 19.1 Å². The molecule has 2 bridgehead atoms. The molecule has 0 unspecified atom stereocenters. The maximum absolute atomic E-state index is 14.1. The van der Waals surface area contributed by atoms with E-state index >= 15 is 0 Å². The molecule has 8 rings (SSSR count). The highest BCUT2D eigenvalue weighted by Gasteiger charge is 2.68. The summed E-state index contributed by atoms with van der Waals surface area (Å²) in [5, 5.41) is 0. The Kier molecular flexibility index (Phi) is 4.55. The monoisotopic (exact) mass is 485 g/mol. The summed E-state index contributed by atoms with van der Waals surface area (Å²) in [4.78, 5) is 41.9. The predicted molar refractivity (Wildman–Crippen MR) is 139 cm³/mol. The molecular formula is C32H23NO4. The van der Waals surface area contributed by atoms with E-state index in [-0.39, 0.29) is 23.7 Å². The quantitative estimate of drug-likeness (QED) is 0.212. The minimum Gasteiger partial charge on any atom is -0.423 e. The second-order valence-electron chi connectivity index (χ2n) is 10.2. The van der Waals surface area contributed by atoms with Crippen molar-refractivity contribution in [1.29, 1.82) is 0 Å². The second kappa shape index (κ2) is 7.74. The molecule has 180 valence electrons. The zero-order valence-electron chi connectivity index (χ0n) is 20.1. The summed E-state index contributed by atoms with van der Waals surface area (Å²) in [6, 6.07) is 31.8. The molecule has 37 heavy (non-hydrogen) atoms. The Bertz CT molecular complexity index is 1550. The number of nitrogens with zero attached hydrogens (tertiary/aromatic N) is 1. The van der Waals surface area contributed by atoms with Gasteiger partial charge in [-0.15, -0.1) is 0 Å². The van der Waals surface area contributed by atoms with Gasteiger partial charge in [-0.25, -0.2) is 9.69 Å². The predicted octanol–water partition coefficient (Wildman–Crippen LogP) is 5.69. The van der Waals surface area contributed by atoms with Crippen molar-refractivity contribution in [2.75, 3.05) is 4.90 Å². The van der Waals surface area contributed by atoms with Crippen LogP contribution in [0.1, 0.15) is 51.4 Å². The minimum absolute atomic E-state index is 0.171. The molecule has 4 aliphatic rings. The second-order valence-corrected chi connectivity index (χ2v) is 10.2. The maximum Gasteiger partial charge on any atom is 0.343 e. The fourth-order valence-corrected chi connectivity index (χ4v) is 6.76. The number of carbonyl (C=O) groups is 3. The minimum atomic E-state index is -0.886. The highest BCUT2D eigenvalue weighted by atomic mass is 16.5. The van der Waals surface area contributed by atoms with Gasteiger partial charge in [-0.2, -0.15) is 0 Å². The Morgan fingerprint density at radius 1 is 0.730 bits per heavy atom. The van der Waals surface area contributed by atoms with Gasteiger partial charge in [-0.05, 0) is 65.6 Å². The van der Waals surface area contributed by atoms with Crippen molar-refractivity contribution in [2.24, 2.45) is 11.3 Å². The lowest BCUT2D eigenvalue weighted by Crippen LogP contribution is -2.49. The van der Waals surface area contributed by atoms with Crippen molar-refractivity contribution in [3.63, 3.8) is 0 Å². The summed E-state index contributed by atoms with van der Waals surface area (Å²) in [7, 11) is 0.